The van der Waals surface area contributed by atoms with Crippen molar-refractivity contribution in [3.05, 3.63) is 35.5 Å². The van der Waals surface area contributed by atoms with Crippen molar-refractivity contribution >= 4 is 51.7 Å². The van der Waals surface area contributed by atoms with E-state index in [0.29, 0.717) is 4.88 Å². The van der Waals surface area contributed by atoms with Crippen LogP contribution in [0, 0.1) is 0 Å². The van der Waals surface area contributed by atoms with Gasteiger partial charge in [-0.1, -0.05) is 22.6 Å². The van der Waals surface area contributed by atoms with Crippen LogP contribution in [0.2, 0.25) is 0 Å². The van der Waals surface area contributed by atoms with Crippen molar-refractivity contribution in [2.75, 3.05) is 12.8 Å². The minimum atomic E-state index is -1.22. The van der Waals surface area contributed by atoms with E-state index in [4.69, 9.17) is 10.6 Å². The zero-order chi connectivity index (χ0) is 19.7. The molecule has 1 aromatic heterocycles. The van der Waals surface area contributed by atoms with Crippen LogP contribution in [0.15, 0.2) is 35.8 Å². The number of thiazole rings is 1. The molecule has 10 nitrogen and oxygen atoms in total. The Kier molecular flexibility index (Phi) is 5.19. The standard InChI is InChI=1S/C15H15N5O5S2/c1-3-6-4-7(14(23)24)20-12(22)10(13(20)26-6)18-11(21)9(19-25-2)8-5-17-15(16)27-8/h3-6,10,13H,1H2,2H3,(H2,16,17)(H,18,21)(H,23,24)/t6?,10?,13-/m1/s1. The Hall–Kier alpha value is -2.86. The summed E-state index contributed by atoms with van der Waals surface area (Å²) in [6.45, 7) is 3.66. The van der Waals surface area contributed by atoms with Crippen LogP contribution in [0.3, 0.4) is 0 Å². The minimum absolute atomic E-state index is 0.0759. The minimum Gasteiger partial charge on any atom is -0.477 e. The largest absolute Gasteiger partial charge is 0.477 e. The van der Waals surface area contributed by atoms with Gasteiger partial charge in [-0.15, -0.1) is 18.3 Å². The lowest BCUT2D eigenvalue weighted by Gasteiger charge is -2.49. The van der Waals surface area contributed by atoms with Crippen LogP contribution in [0.4, 0.5) is 5.13 Å². The van der Waals surface area contributed by atoms with Crippen LogP contribution < -0.4 is 11.1 Å². The molecular formula is C15H15N5O5S2. The SMILES string of the molecule is C=CC1C=C(C(=O)O)N2C(=O)C(NC(=O)C(=NOC)c3cnc(N)s3)[C@H]2S1. The van der Waals surface area contributed by atoms with Gasteiger partial charge in [-0.2, -0.15) is 0 Å². The number of carbonyl (C=O) groups is 3. The molecule has 3 atom stereocenters. The number of nitrogens with one attached hydrogen (secondary N) is 1. The van der Waals surface area contributed by atoms with Gasteiger partial charge in [-0.05, 0) is 6.08 Å². The van der Waals surface area contributed by atoms with E-state index >= 15 is 0 Å². The molecule has 0 aliphatic carbocycles. The number of carbonyl (C=O) groups excluding carboxylic acids is 2. The Morgan fingerprint density at radius 1 is 1.56 bits per heavy atom. The molecule has 0 saturated carbocycles. The van der Waals surface area contributed by atoms with Crippen molar-refractivity contribution in [2.45, 2.75) is 16.7 Å². The highest BCUT2D eigenvalue weighted by Crippen LogP contribution is 2.41. The number of amides is 2. The number of aliphatic carboxylic acids is 1. The van der Waals surface area contributed by atoms with E-state index in [-0.39, 0.29) is 21.8 Å². The molecule has 1 fully saturated rings. The summed E-state index contributed by atoms with van der Waals surface area (Å²) in [6, 6.07) is -0.902. The molecule has 1 aromatic rings. The Morgan fingerprint density at radius 2 is 2.30 bits per heavy atom. The van der Waals surface area contributed by atoms with E-state index in [2.05, 4.69) is 22.0 Å². The molecule has 0 radical (unpaired) electrons. The van der Waals surface area contributed by atoms with E-state index in [1.54, 1.807) is 6.08 Å². The summed E-state index contributed by atoms with van der Waals surface area (Å²) < 4.78 is 0. The number of hydrogen-bond donors (Lipinski definition) is 3. The smallest absolute Gasteiger partial charge is 0.352 e. The number of aromatic nitrogens is 1. The second-order valence-corrected chi connectivity index (χ2v) is 7.79. The maximum absolute atomic E-state index is 12.6. The fourth-order valence-electron chi connectivity index (χ4n) is 2.62. The van der Waals surface area contributed by atoms with Crippen LogP contribution >= 0.6 is 23.1 Å². The van der Waals surface area contributed by atoms with Crippen molar-refractivity contribution in [1.82, 2.24) is 15.2 Å². The monoisotopic (exact) mass is 409 g/mol. The first-order chi connectivity index (χ1) is 12.9. The number of β-lactam (4-membered cyclic amide) rings is 1. The van der Waals surface area contributed by atoms with E-state index in [0.717, 1.165) is 16.2 Å². The second-order valence-electron chi connectivity index (χ2n) is 5.43. The molecule has 2 aliphatic rings. The van der Waals surface area contributed by atoms with E-state index in [1.807, 2.05) is 0 Å². The van der Waals surface area contributed by atoms with E-state index in [1.165, 1.54) is 31.1 Å². The van der Waals surface area contributed by atoms with Crippen LogP contribution in [0.1, 0.15) is 4.88 Å². The number of thioether (sulfide) groups is 1. The summed E-state index contributed by atoms with van der Waals surface area (Å²) in [5, 5.41) is 15.0. The molecule has 27 heavy (non-hydrogen) atoms. The summed E-state index contributed by atoms with van der Waals surface area (Å²) in [4.78, 5) is 46.6. The summed E-state index contributed by atoms with van der Waals surface area (Å²) in [7, 11) is 1.28. The fourth-order valence-corrected chi connectivity index (χ4v) is 4.61. The molecular weight excluding hydrogens is 394 g/mol. The lowest BCUT2D eigenvalue weighted by molar-refractivity contribution is -0.150. The van der Waals surface area contributed by atoms with E-state index < -0.39 is 29.2 Å². The number of carboxylic acid groups (broad SMARTS) is 1. The second kappa shape index (κ2) is 7.40. The normalized spacial score (nSPS) is 24.4. The number of nitrogens with zero attached hydrogens (tertiary/aromatic N) is 3. The zero-order valence-corrected chi connectivity index (χ0v) is 15.6. The summed E-state index contributed by atoms with van der Waals surface area (Å²) in [5.74, 6) is -2.38. The topological polar surface area (TPSA) is 147 Å². The highest BCUT2D eigenvalue weighted by molar-refractivity contribution is 8.01. The van der Waals surface area contributed by atoms with Crippen LogP contribution in [-0.2, 0) is 19.2 Å². The lowest BCUT2D eigenvalue weighted by Crippen LogP contribution is -2.71. The molecule has 1 saturated heterocycles. The molecule has 3 rings (SSSR count). The van der Waals surface area contributed by atoms with E-state index in [9.17, 15) is 19.5 Å². The summed E-state index contributed by atoms with van der Waals surface area (Å²) in [6.07, 6.45) is 4.40. The van der Waals surface area contributed by atoms with Gasteiger partial charge >= 0.3 is 5.97 Å². The van der Waals surface area contributed by atoms with Crippen molar-refractivity contribution in [3.8, 4) is 0 Å². The first kappa shape index (κ1) is 18.9. The molecule has 2 amide bonds. The number of rotatable bonds is 6. The fraction of sp³-hybridized carbons (Fsp3) is 0.267. The average Bonchev–Trinajstić information content (AvgIpc) is 3.08. The van der Waals surface area contributed by atoms with Crippen molar-refractivity contribution in [1.29, 1.82) is 0 Å². The van der Waals surface area contributed by atoms with Gasteiger partial charge < -0.3 is 21.0 Å². The number of anilines is 1. The summed E-state index contributed by atoms with van der Waals surface area (Å²) in [5.41, 5.74) is 5.38. The highest BCUT2D eigenvalue weighted by Gasteiger charge is 2.54. The zero-order valence-electron chi connectivity index (χ0n) is 14.0. The molecule has 2 aliphatic heterocycles. The van der Waals surface area contributed by atoms with Crippen molar-refractivity contribution < 1.29 is 24.3 Å². The predicted octanol–water partition coefficient (Wildman–Crippen LogP) is -0.00120. The molecule has 2 unspecified atom stereocenters. The van der Waals surface area contributed by atoms with Gasteiger partial charge in [0.25, 0.3) is 11.8 Å². The van der Waals surface area contributed by atoms with Crippen molar-refractivity contribution in [2.24, 2.45) is 5.16 Å². The molecule has 12 heteroatoms. The molecule has 0 spiro atoms. The molecule has 0 aromatic carbocycles. The average molecular weight is 409 g/mol. The predicted molar refractivity (Wildman–Crippen MR) is 99.9 cm³/mol. The number of fused-ring (bicyclic) bond motifs is 1. The van der Waals surface area contributed by atoms with Gasteiger partial charge in [0.15, 0.2) is 10.8 Å². The third kappa shape index (κ3) is 3.40. The third-order valence-electron chi connectivity index (χ3n) is 3.81. The number of nitrogen functional groups attached to an aromatic ring is 1. The number of nitrogens with two attached hydrogens (primary N) is 1. The Bertz CT molecular complexity index is 880. The first-order valence-electron chi connectivity index (χ1n) is 7.57. The molecule has 3 heterocycles. The summed E-state index contributed by atoms with van der Waals surface area (Å²) >= 11 is 2.36. The Morgan fingerprint density at radius 3 is 2.85 bits per heavy atom. The maximum atomic E-state index is 12.6. The van der Waals surface area contributed by atoms with Crippen LogP contribution in [0.5, 0.6) is 0 Å². The van der Waals surface area contributed by atoms with Gasteiger partial charge in [0.05, 0.1) is 4.88 Å². The number of carboxylic acids is 1. The molecule has 0 bridgehead atoms. The van der Waals surface area contributed by atoms with Gasteiger partial charge in [0.1, 0.15) is 24.2 Å². The Balaban J connectivity index is 1.80. The van der Waals surface area contributed by atoms with Gasteiger partial charge in [0, 0.05) is 11.4 Å². The maximum Gasteiger partial charge on any atom is 0.352 e. The lowest BCUT2D eigenvalue weighted by atomic mass is 10.0. The number of oxime groups is 1. The van der Waals surface area contributed by atoms with Gasteiger partial charge in [-0.3, -0.25) is 14.5 Å². The molecule has 4 N–H and O–H groups in total. The van der Waals surface area contributed by atoms with Crippen molar-refractivity contribution in [3.63, 3.8) is 0 Å². The number of hydrogen-bond acceptors (Lipinski definition) is 9. The van der Waals surface area contributed by atoms with Crippen LogP contribution in [-0.4, -0.2) is 62.3 Å². The first-order valence-corrected chi connectivity index (χ1v) is 9.33. The van der Waals surface area contributed by atoms with Gasteiger partial charge in [0.2, 0.25) is 0 Å². The Labute approximate surface area is 161 Å². The highest BCUT2D eigenvalue weighted by atomic mass is 32.2. The van der Waals surface area contributed by atoms with Crippen LogP contribution in [0.25, 0.3) is 0 Å². The third-order valence-corrected chi connectivity index (χ3v) is 6.05. The quantitative estimate of drug-likeness (QED) is 0.257. The van der Waals surface area contributed by atoms with Gasteiger partial charge in [-0.25, -0.2) is 9.78 Å². The molecule has 142 valence electrons.